The van der Waals surface area contributed by atoms with Crippen molar-refractivity contribution in [1.82, 2.24) is 15.0 Å². The van der Waals surface area contributed by atoms with Crippen LogP contribution in [-0.2, 0) is 0 Å². The summed E-state index contributed by atoms with van der Waals surface area (Å²) in [5, 5.41) is 14.6. The Bertz CT molecular complexity index is 434. The van der Waals surface area contributed by atoms with Crippen molar-refractivity contribution in [2.45, 2.75) is 33.2 Å². The molecule has 18 heavy (non-hydrogen) atoms. The van der Waals surface area contributed by atoms with Gasteiger partial charge in [-0.05, 0) is 27.7 Å². The molecule has 1 rings (SSSR count). The van der Waals surface area contributed by atoms with E-state index in [4.69, 9.17) is 10.00 Å². The Labute approximate surface area is 107 Å². The van der Waals surface area contributed by atoms with Crippen LogP contribution in [0, 0.1) is 11.3 Å². The zero-order chi connectivity index (χ0) is 13.6. The van der Waals surface area contributed by atoms with Crippen molar-refractivity contribution in [3.63, 3.8) is 0 Å². The van der Waals surface area contributed by atoms with Crippen molar-refractivity contribution in [3.8, 4) is 12.1 Å². The van der Waals surface area contributed by atoms with E-state index in [1.165, 1.54) is 0 Å². The van der Waals surface area contributed by atoms with Gasteiger partial charge in [-0.2, -0.15) is 20.2 Å². The highest BCUT2D eigenvalue weighted by atomic mass is 16.5. The number of nitrogens with zero attached hydrogens (tertiary/aromatic N) is 4. The van der Waals surface area contributed by atoms with Gasteiger partial charge in [-0.3, -0.25) is 0 Å². The lowest BCUT2D eigenvalue weighted by Gasteiger charge is -2.20. The lowest BCUT2D eigenvalue weighted by molar-refractivity contribution is 0.337. The van der Waals surface area contributed by atoms with Gasteiger partial charge in [0.15, 0.2) is 6.61 Å². The summed E-state index contributed by atoms with van der Waals surface area (Å²) in [5.74, 6) is 0.841. The first-order valence-corrected chi connectivity index (χ1v) is 5.72. The second-order valence-corrected chi connectivity index (χ2v) is 4.62. The van der Waals surface area contributed by atoms with Crippen molar-refractivity contribution < 1.29 is 4.74 Å². The molecular weight excluding hydrogens is 232 g/mol. The van der Waals surface area contributed by atoms with Crippen LogP contribution >= 0.6 is 0 Å². The van der Waals surface area contributed by atoms with Crippen LogP contribution in [0.2, 0.25) is 0 Å². The number of nitriles is 1. The lowest BCUT2D eigenvalue weighted by atomic mass is 10.1. The average molecular weight is 250 g/mol. The molecule has 1 heterocycles. The summed E-state index contributed by atoms with van der Waals surface area (Å²) in [6, 6.07) is 2.01. The molecule has 0 saturated carbocycles. The van der Waals surface area contributed by atoms with E-state index in [9.17, 15) is 0 Å². The summed E-state index contributed by atoms with van der Waals surface area (Å²) in [6.45, 7) is 8.54. The number of nitrogens with one attached hydrogen (secondary N) is 2. The lowest BCUT2D eigenvalue weighted by Crippen LogP contribution is -2.27. The Kier molecular flexibility index (Phi) is 4.66. The minimum absolute atomic E-state index is 0.0927. The van der Waals surface area contributed by atoms with E-state index in [1.807, 2.05) is 33.8 Å². The highest BCUT2D eigenvalue weighted by Gasteiger charge is 2.14. The van der Waals surface area contributed by atoms with E-state index in [-0.39, 0.29) is 18.2 Å². The first-order valence-electron chi connectivity index (χ1n) is 5.72. The summed E-state index contributed by atoms with van der Waals surface area (Å²) in [6.07, 6.45) is 0. The second kappa shape index (κ2) is 6.00. The van der Waals surface area contributed by atoms with Crippen LogP contribution in [0.25, 0.3) is 0 Å². The van der Waals surface area contributed by atoms with E-state index in [0.717, 1.165) is 0 Å². The molecule has 0 atom stereocenters. The van der Waals surface area contributed by atoms with Crippen LogP contribution in [0.4, 0.5) is 11.9 Å². The molecule has 0 aliphatic heterocycles. The molecule has 0 unspecified atom stereocenters. The van der Waals surface area contributed by atoms with Crippen molar-refractivity contribution in [2.75, 3.05) is 23.8 Å². The molecule has 1 aromatic rings. The van der Waals surface area contributed by atoms with Crippen molar-refractivity contribution >= 4 is 11.9 Å². The SMILES string of the molecule is CCNc1nc(NC(C)(C)C)nc(OCC#N)n1. The molecule has 0 saturated heterocycles. The number of hydrogen-bond donors (Lipinski definition) is 2. The van der Waals surface area contributed by atoms with Gasteiger partial charge in [0.05, 0.1) is 0 Å². The zero-order valence-corrected chi connectivity index (χ0v) is 11.1. The van der Waals surface area contributed by atoms with Gasteiger partial charge >= 0.3 is 6.01 Å². The smallest absolute Gasteiger partial charge is 0.324 e. The minimum atomic E-state index is -0.169. The van der Waals surface area contributed by atoms with E-state index in [1.54, 1.807) is 0 Å². The van der Waals surface area contributed by atoms with Crippen LogP contribution in [0.15, 0.2) is 0 Å². The predicted octanol–water partition coefficient (Wildman–Crippen LogP) is 1.42. The van der Waals surface area contributed by atoms with Crippen LogP contribution in [0.3, 0.4) is 0 Å². The summed E-state index contributed by atoms with van der Waals surface area (Å²) in [5.41, 5.74) is -0.169. The maximum absolute atomic E-state index is 8.48. The standard InChI is InChI=1S/C11H18N6O/c1-5-13-8-14-9(17-11(2,3)4)16-10(15-8)18-7-6-12/h5,7H2,1-4H3,(H2,13,14,15,16,17). The molecule has 0 spiro atoms. The van der Waals surface area contributed by atoms with Gasteiger partial charge in [-0.1, -0.05) is 0 Å². The minimum Gasteiger partial charge on any atom is -0.448 e. The third-order valence-corrected chi connectivity index (χ3v) is 1.70. The largest absolute Gasteiger partial charge is 0.448 e. The number of rotatable bonds is 5. The van der Waals surface area contributed by atoms with Gasteiger partial charge in [-0.25, -0.2) is 0 Å². The maximum atomic E-state index is 8.48. The molecular formula is C11H18N6O. The van der Waals surface area contributed by atoms with Crippen LogP contribution in [-0.4, -0.2) is 33.6 Å². The van der Waals surface area contributed by atoms with Crippen molar-refractivity contribution in [3.05, 3.63) is 0 Å². The molecule has 1 aromatic heterocycles. The Balaban J connectivity index is 2.94. The van der Waals surface area contributed by atoms with Crippen LogP contribution in [0.5, 0.6) is 6.01 Å². The molecule has 98 valence electrons. The predicted molar refractivity (Wildman–Crippen MR) is 68.5 cm³/mol. The summed E-state index contributed by atoms with van der Waals surface area (Å²) in [4.78, 5) is 12.3. The van der Waals surface area contributed by atoms with Gasteiger partial charge in [0.1, 0.15) is 6.07 Å². The molecule has 0 bridgehead atoms. The molecule has 0 amide bonds. The molecule has 0 aliphatic carbocycles. The van der Waals surface area contributed by atoms with E-state index < -0.39 is 0 Å². The molecule has 0 radical (unpaired) electrons. The van der Waals surface area contributed by atoms with Crippen molar-refractivity contribution in [2.24, 2.45) is 0 Å². The second-order valence-electron chi connectivity index (χ2n) is 4.62. The fraction of sp³-hybridized carbons (Fsp3) is 0.636. The van der Waals surface area contributed by atoms with E-state index in [2.05, 4.69) is 25.6 Å². The third-order valence-electron chi connectivity index (χ3n) is 1.70. The number of hydrogen-bond acceptors (Lipinski definition) is 7. The van der Waals surface area contributed by atoms with Gasteiger partial charge < -0.3 is 15.4 Å². The maximum Gasteiger partial charge on any atom is 0.324 e. The zero-order valence-electron chi connectivity index (χ0n) is 11.1. The van der Waals surface area contributed by atoms with Gasteiger partial charge in [0.2, 0.25) is 11.9 Å². The third kappa shape index (κ3) is 4.82. The fourth-order valence-electron chi connectivity index (χ4n) is 1.15. The molecule has 0 fully saturated rings. The Morgan fingerprint density at radius 3 is 2.44 bits per heavy atom. The van der Waals surface area contributed by atoms with E-state index in [0.29, 0.717) is 18.4 Å². The molecule has 0 aromatic carbocycles. The summed E-state index contributed by atoms with van der Waals surface area (Å²) in [7, 11) is 0. The van der Waals surface area contributed by atoms with Gasteiger partial charge in [-0.15, -0.1) is 0 Å². The van der Waals surface area contributed by atoms with Gasteiger partial charge in [0, 0.05) is 12.1 Å². The molecule has 2 N–H and O–H groups in total. The first-order chi connectivity index (χ1) is 8.44. The van der Waals surface area contributed by atoms with E-state index >= 15 is 0 Å². The normalized spacial score (nSPS) is 10.6. The average Bonchev–Trinajstić information content (AvgIpc) is 2.24. The topological polar surface area (TPSA) is 95.8 Å². The van der Waals surface area contributed by atoms with Crippen LogP contribution < -0.4 is 15.4 Å². The Hall–Kier alpha value is -2.10. The highest BCUT2D eigenvalue weighted by Crippen LogP contribution is 2.15. The first kappa shape index (κ1) is 14.0. The van der Waals surface area contributed by atoms with Crippen LogP contribution in [0.1, 0.15) is 27.7 Å². The highest BCUT2D eigenvalue weighted by molar-refractivity contribution is 5.37. The quantitative estimate of drug-likeness (QED) is 0.815. The molecule has 7 heteroatoms. The summed E-state index contributed by atoms with van der Waals surface area (Å²) >= 11 is 0. The Morgan fingerprint density at radius 1 is 1.22 bits per heavy atom. The van der Waals surface area contributed by atoms with Crippen molar-refractivity contribution in [1.29, 1.82) is 5.26 Å². The number of anilines is 2. The molecule has 7 nitrogen and oxygen atoms in total. The molecule has 0 aliphatic rings. The number of ether oxygens (including phenoxy) is 1. The number of aromatic nitrogens is 3. The summed E-state index contributed by atoms with van der Waals surface area (Å²) < 4.78 is 5.09. The fourth-order valence-corrected chi connectivity index (χ4v) is 1.15. The van der Waals surface area contributed by atoms with Gasteiger partial charge in [0.25, 0.3) is 0 Å². The Morgan fingerprint density at radius 2 is 1.89 bits per heavy atom. The monoisotopic (exact) mass is 250 g/mol.